The molecule has 1 amide bonds. The molecule has 1 rings (SSSR count). The molecule has 21 heavy (non-hydrogen) atoms. The Hall–Kier alpha value is -2.04. The third kappa shape index (κ3) is 5.45. The third-order valence-electron chi connectivity index (χ3n) is 3.14. The Labute approximate surface area is 125 Å². The van der Waals surface area contributed by atoms with Gasteiger partial charge in [-0.15, -0.1) is 0 Å². The van der Waals surface area contributed by atoms with Crippen LogP contribution in [0.4, 0.5) is 0 Å². The molecule has 0 fully saturated rings. The summed E-state index contributed by atoms with van der Waals surface area (Å²) in [5, 5.41) is 2.74. The van der Waals surface area contributed by atoms with E-state index in [0.717, 1.165) is 12.2 Å². The average Bonchev–Trinajstić information content (AvgIpc) is 2.47. The van der Waals surface area contributed by atoms with Gasteiger partial charge in [0.2, 0.25) is 5.91 Å². The zero-order valence-corrected chi connectivity index (χ0v) is 12.8. The number of esters is 1. The molecule has 0 saturated carbocycles. The second kappa shape index (κ2) is 8.29. The number of hydrogen-bond acceptors (Lipinski definition) is 4. The van der Waals surface area contributed by atoms with Crippen molar-refractivity contribution in [1.29, 1.82) is 0 Å². The smallest absolute Gasteiger partial charge is 0.331 e. The fraction of sp³-hybridized carbons (Fsp3) is 0.500. The first-order valence-corrected chi connectivity index (χ1v) is 7.09. The summed E-state index contributed by atoms with van der Waals surface area (Å²) in [4.78, 5) is 23.7. The van der Waals surface area contributed by atoms with Gasteiger partial charge >= 0.3 is 5.97 Å². The summed E-state index contributed by atoms with van der Waals surface area (Å²) in [6.07, 6.45) is 1.49. The van der Waals surface area contributed by atoms with E-state index < -0.39 is 11.5 Å². The summed E-state index contributed by atoms with van der Waals surface area (Å²) in [6.45, 7) is 3.89. The van der Waals surface area contributed by atoms with Gasteiger partial charge in [0.15, 0.2) is 0 Å². The summed E-state index contributed by atoms with van der Waals surface area (Å²) in [5.41, 5.74) is -0.979. The van der Waals surface area contributed by atoms with Gasteiger partial charge in [0.05, 0.1) is 20.1 Å². The van der Waals surface area contributed by atoms with Crippen LogP contribution >= 0.6 is 0 Å². The molecule has 0 aliphatic rings. The highest BCUT2D eigenvalue weighted by molar-refractivity contribution is 5.87. The highest BCUT2D eigenvalue weighted by atomic mass is 16.5. The monoisotopic (exact) mass is 293 g/mol. The molecule has 0 spiro atoms. The Morgan fingerprint density at radius 1 is 1.24 bits per heavy atom. The fourth-order valence-electron chi connectivity index (χ4n) is 2.09. The maximum Gasteiger partial charge on any atom is 0.331 e. The van der Waals surface area contributed by atoms with E-state index in [1.54, 1.807) is 6.92 Å². The van der Waals surface area contributed by atoms with Crippen LogP contribution in [-0.2, 0) is 14.3 Å². The first-order chi connectivity index (χ1) is 10.0. The molecule has 0 radical (unpaired) electrons. The molecule has 1 aromatic rings. The predicted octanol–water partition coefficient (Wildman–Crippen LogP) is 2.30. The van der Waals surface area contributed by atoms with Crippen LogP contribution in [-0.4, -0.2) is 31.1 Å². The molecule has 0 bridgehead atoms. The lowest BCUT2D eigenvalue weighted by atomic mass is 9.96. The van der Waals surface area contributed by atoms with E-state index in [1.807, 2.05) is 37.3 Å². The third-order valence-corrected chi connectivity index (χ3v) is 3.14. The molecular weight excluding hydrogens is 270 g/mol. The molecule has 0 saturated heterocycles. The number of carbonyl (C=O) groups is 2. The average molecular weight is 293 g/mol. The number of methoxy groups -OCH3 is 1. The molecule has 0 heterocycles. The van der Waals surface area contributed by atoms with Gasteiger partial charge in [0.1, 0.15) is 11.3 Å². The SMILES string of the molecule is CCCC(C)(NC(=O)CCOc1ccccc1)C(=O)OC. The number of carbonyl (C=O) groups excluding carboxylic acids is 2. The topological polar surface area (TPSA) is 64.6 Å². The van der Waals surface area contributed by atoms with Gasteiger partial charge in [-0.3, -0.25) is 4.79 Å². The summed E-state index contributed by atoms with van der Waals surface area (Å²) < 4.78 is 10.2. The number of hydrogen-bond donors (Lipinski definition) is 1. The van der Waals surface area contributed by atoms with Crippen molar-refractivity contribution in [3.63, 3.8) is 0 Å². The minimum atomic E-state index is -0.979. The maximum absolute atomic E-state index is 11.9. The van der Waals surface area contributed by atoms with Crippen molar-refractivity contribution in [1.82, 2.24) is 5.32 Å². The van der Waals surface area contributed by atoms with E-state index in [9.17, 15) is 9.59 Å². The number of amides is 1. The van der Waals surface area contributed by atoms with Gasteiger partial charge in [0.25, 0.3) is 0 Å². The Bertz CT molecular complexity index is 461. The molecule has 0 aromatic heterocycles. The molecule has 5 heteroatoms. The van der Waals surface area contributed by atoms with Crippen LogP contribution in [0, 0.1) is 0 Å². The number of para-hydroxylation sites is 1. The van der Waals surface area contributed by atoms with Gasteiger partial charge in [-0.05, 0) is 25.5 Å². The van der Waals surface area contributed by atoms with Crippen LogP contribution in [0.2, 0.25) is 0 Å². The minimum absolute atomic E-state index is 0.186. The van der Waals surface area contributed by atoms with Gasteiger partial charge in [-0.2, -0.15) is 0 Å². The Kier molecular flexibility index (Phi) is 6.72. The van der Waals surface area contributed by atoms with Gasteiger partial charge in [-0.1, -0.05) is 31.5 Å². The van der Waals surface area contributed by atoms with E-state index >= 15 is 0 Å². The Morgan fingerprint density at radius 2 is 1.90 bits per heavy atom. The summed E-state index contributed by atoms with van der Waals surface area (Å²) in [5.74, 6) is 0.0588. The van der Waals surface area contributed by atoms with Crippen molar-refractivity contribution in [3.05, 3.63) is 30.3 Å². The van der Waals surface area contributed by atoms with Crippen LogP contribution in [0.3, 0.4) is 0 Å². The van der Waals surface area contributed by atoms with Crippen LogP contribution in [0.1, 0.15) is 33.1 Å². The van der Waals surface area contributed by atoms with Crippen LogP contribution in [0.15, 0.2) is 30.3 Å². The number of benzene rings is 1. The van der Waals surface area contributed by atoms with Crippen LogP contribution in [0.5, 0.6) is 5.75 Å². The van der Waals surface area contributed by atoms with E-state index in [-0.39, 0.29) is 18.9 Å². The second-order valence-corrected chi connectivity index (χ2v) is 5.03. The molecule has 0 aliphatic heterocycles. The molecular formula is C16H23NO4. The largest absolute Gasteiger partial charge is 0.493 e. The summed E-state index contributed by atoms with van der Waals surface area (Å²) in [6, 6.07) is 9.28. The van der Waals surface area contributed by atoms with Crippen molar-refractivity contribution in [2.45, 2.75) is 38.6 Å². The van der Waals surface area contributed by atoms with Crippen molar-refractivity contribution in [2.24, 2.45) is 0 Å². The van der Waals surface area contributed by atoms with Crippen LogP contribution < -0.4 is 10.1 Å². The van der Waals surface area contributed by atoms with Crippen molar-refractivity contribution >= 4 is 11.9 Å². The number of nitrogens with one attached hydrogen (secondary N) is 1. The van der Waals surface area contributed by atoms with Gasteiger partial charge in [0, 0.05) is 0 Å². The lowest BCUT2D eigenvalue weighted by Gasteiger charge is -2.27. The molecule has 1 aromatic carbocycles. The minimum Gasteiger partial charge on any atom is -0.493 e. The highest BCUT2D eigenvalue weighted by Gasteiger charge is 2.34. The van der Waals surface area contributed by atoms with Crippen molar-refractivity contribution in [3.8, 4) is 5.75 Å². The van der Waals surface area contributed by atoms with Gasteiger partial charge < -0.3 is 14.8 Å². The van der Waals surface area contributed by atoms with E-state index in [2.05, 4.69) is 5.32 Å². The first kappa shape index (κ1) is 17.0. The molecule has 1 unspecified atom stereocenters. The second-order valence-electron chi connectivity index (χ2n) is 5.03. The Morgan fingerprint density at radius 3 is 2.48 bits per heavy atom. The lowest BCUT2D eigenvalue weighted by molar-refractivity contribution is -0.150. The fourth-order valence-corrected chi connectivity index (χ4v) is 2.09. The molecule has 1 atom stereocenters. The van der Waals surface area contributed by atoms with Crippen LogP contribution in [0.25, 0.3) is 0 Å². The zero-order valence-electron chi connectivity index (χ0n) is 12.8. The normalized spacial score (nSPS) is 13.1. The zero-order chi connectivity index (χ0) is 15.7. The molecule has 0 aliphatic carbocycles. The van der Waals surface area contributed by atoms with Gasteiger partial charge in [-0.25, -0.2) is 4.79 Å². The molecule has 1 N–H and O–H groups in total. The summed E-state index contributed by atoms with van der Waals surface area (Å²) >= 11 is 0. The maximum atomic E-state index is 11.9. The van der Waals surface area contributed by atoms with Crippen molar-refractivity contribution < 1.29 is 19.1 Å². The standard InChI is InChI=1S/C16H23NO4/c1-4-11-16(2,15(19)20-3)17-14(18)10-12-21-13-8-6-5-7-9-13/h5-9H,4,10-12H2,1-3H3,(H,17,18). The van der Waals surface area contributed by atoms with E-state index in [1.165, 1.54) is 7.11 Å². The quantitative estimate of drug-likeness (QED) is 0.747. The number of ether oxygens (including phenoxy) is 2. The number of rotatable bonds is 8. The summed E-state index contributed by atoms with van der Waals surface area (Å²) in [7, 11) is 1.32. The Balaban J connectivity index is 2.45. The molecule has 5 nitrogen and oxygen atoms in total. The predicted molar refractivity (Wildman–Crippen MR) is 80.0 cm³/mol. The van der Waals surface area contributed by atoms with E-state index in [0.29, 0.717) is 6.42 Å². The highest BCUT2D eigenvalue weighted by Crippen LogP contribution is 2.15. The molecule has 116 valence electrons. The van der Waals surface area contributed by atoms with Crippen molar-refractivity contribution in [2.75, 3.05) is 13.7 Å². The first-order valence-electron chi connectivity index (χ1n) is 7.09. The van der Waals surface area contributed by atoms with E-state index in [4.69, 9.17) is 9.47 Å². The lowest BCUT2D eigenvalue weighted by Crippen LogP contribution is -2.52.